The van der Waals surface area contributed by atoms with E-state index in [1.807, 2.05) is 12.1 Å². The van der Waals surface area contributed by atoms with Crippen molar-refractivity contribution in [1.82, 2.24) is 30.5 Å². The highest BCUT2D eigenvalue weighted by Gasteiger charge is 2.45. The van der Waals surface area contributed by atoms with Crippen LogP contribution in [-0.2, 0) is 15.1 Å². The third-order valence-electron chi connectivity index (χ3n) is 7.71. The fourth-order valence-corrected chi connectivity index (χ4v) is 5.14. The molecule has 1 atom stereocenters. The number of amides is 3. The number of nitrogens with zero attached hydrogens (tertiary/aromatic N) is 4. The normalized spacial score (nSPS) is 16.0. The number of aromatic nitrogens is 3. The van der Waals surface area contributed by atoms with E-state index in [0.717, 1.165) is 37.7 Å². The van der Waals surface area contributed by atoms with Crippen LogP contribution in [0.25, 0.3) is 0 Å². The van der Waals surface area contributed by atoms with E-state index in [0.29, 0.717) is 23.8 Å². The lowest BCUT2D eigenvalue weighted by Gasteiger charge is -2.26. The Morgan fingerprint density at radius 1 is 0.917 bits per heavy atom. The van der Waals surface area contributed by atoms with Gasteiger partial charge in [0.15, 0.2) is 6.61 Å². The summed E-state index contributed by atoms with van der Waals surface area (Å²) in [4.78, 5) is 50.8. The number of hydrogen-bond donors (Lipinski definition) is 5. The lowest BCUT2D eigenvalue weighted by molar-refractivity contribution is -0.154. The molecule has 1 unspecified atom stereocenters. The van der Waals surface area contributed by atoms with Crippen molar-refractivity contribution in [2.24, 2.45) is 0 Å². The van der Waals surface area contributed by atoms with E-state index in [2.05, 4.69) is 36.2 Å². The van der Waals surface area contributed by atoms with Gasteiger partial charge in [-0.05, 0) is 74.1 Å². The zero-order valence-corrected chi connectivity index (χ0v) is 26.4. The molecule has 1 aliphatic heterocycles. The van der Waals surface area contributed by atoms with Crippen LogP contribution in [0.1, 0.15) is 48.0 Å². The number of anilines is 3. The van der Waals surface area contributed by atoms with Crippen molar-refractivity contribution in [3.63, 3.8) is 0 Å². The molecular weight excluding hydrogens is 657 g/mol. The molecule has 1 saturated heterocycles. The molecule has 17 heteroatoms. The molecule has 5 rings (SSSR count). The van der Waals surface area contributed by atoms with Crippen LogP contribution < -0.4 is 26.0 Å². The summed E-state index contributed by atoms with van der Waals surface area (Å²) in [7, 11) is 0. The molecule has 13 nitrogen and oxygen atoms in total. The van der Waals surface area contributed by atoms with Gasteiger partial charge in [-0.25, -0.2) is 0 Å². The first kappa shape index (κ1) is 34.6. The number of benzene rings is 2. The van der Waals surface area contributed by atoms with Gasteiger partial charge in [0.2, 0.25) is 11.9 Å². The molecule has 1 saturated carbocycles. The minimum atomic E-state index is -4.61. The number of alkyl halides is 3. The maximum atomic E-state index is 12.9. The molecule has 1 aliphatic carbocycles. The van der Waals surface area contributed by atoms with Crippen LogP contribution in [0.4, 0.5) is 30.8 Å². The third-order valence-corrected chi connectivity index (χ3v) is 7.97. The fourth-order valence-electron chi connectivity index (χ4n) is 5.02. The number of nitrogens with one attached hydrogen (secondary N) is 4. The number of carbonyl (C=O) groups is 3. The first-order chi connectivity index (χ1) is 22.9. The summed E-state index contributed by atoms with van der Waals surface area (Å²) in [5, 5.41) is 21.8. The molecule has 2 fully saturated rings. The lowest BCUT2D eigenvalue weighted by atomic mass is 10.1. The quantitative estimate of drug-likeness (QED) is 0.177. The lowest BCUT2D eigenvalue weighted by Crippen LogP contribution is -2.48. The maximum absolute atomic E-state index is 12.9. The minimum absolute atomic E-state index is 0.00117. The third kappa shape index (κ3) is 9.67. The highest BCUT2D eigenvalue weighted by atomic mass is 35.5. The van der Waals surface area contributed by atoms with Crippen LogP contribution in [0.2, 0.25) is 5.02 Å². The molecule has 2 heterocycles. The van der Waals surface area contributed by atoms with Crippen molar-refractivity contribution in [1.29, 1.82) is 0 Å². The van der Waals surface area contributed by atoms with Crippen molar-refractivity contribution in [3.8, 4) is 6.01 Å². The van der Waals surface area contributed by atoms with Gasteiger partial charge < -0.3 is 36.0 Å². The second-order valence-corrected chi connectivity index (χ2v) is 11.9. The molecule has 2 aromatic carbocycles. The van der Waals surface area contributed by atoms with Gasteiger partial charge in [-0.15, -0.1) is 0 Å². The Kier molecular flexibility index (Phi) is 10.8. The van der Waals surface area contributed by atoms with Crippen molar-refractivity contribution in [2.75, 3.05) is 43.4 Å². The number of ether oxygens (including phenoxy) is 1. The predicted octanol–water partition coefficient (Wildman–Crippen LogP) is 3.53. The van der Waals surface area contributed by atoms with E-state index >= 15 is 0 Å². The molecule has 2 aliphatic rings. The van der Waals surface area contributed by atoms with Crippen LogP contribution in [0.3, 0.4) is 0 Å². The summed E-state index contributed by atoms with van der Waals surface area (Å²) in [5.74, 6) is -2.06. The van der Waals surface area contributed by atoms with E-state index in [1.165, 1.54) is 29.2 Å². The SMILES string of the molecule is O=C(NCC(O)CNC(=O)c1ccc(Nc2nc(NC3(c4ccc(Cl)cc4)CC3)nc(OCC(F)(F)F)n2)cc1)C(=O)N1CCCCC1. The highest BCUT2D eigenvalue weighted by molar-refractivity contribution is 6.35. The standard InChI is InChI=1S/C31H34ClF3N8O5/c32-21-8-6-20(7-9-21)30(12-13-30)42-28-39-27(40-29(41-28)48-18-31(33,34)35)38-22-10-4-19(5-11-22)24(45)36-16-23(44)17-37-25(46)26(47)43-14-2-1-3-15-43/h4-11,23,44H,1-3,12-18H2,(H,36,45)(H,37,46)(H2,38,39,40,41,42). The summed E-state index contributed by atoms with van der Waals surface area (Å²) < 4.78 is 43.4. The molecule has 48 heavy (non-hydrogen) atoms. The molecule has 0 radical (unpaired) electrons. The molecular formula is C31H34ClF3N8O5. The second-order valence-electron chi connectivity index (χ2n) is 11.5. The molecule has 3 amide bonds. The summed E-state index contributed by atoms with van der Waals surface area (Å²) in [6.45, 7) is -0.956. The molecule has 0 spiro atoms. The number of hydrogen-bond acceptors (Lipinski definition) is 10. The number of likely N-dealkylation sites (tertiary alicyclic amines) is 1. The van der Waals surface area contributed by atoms with E-state index in [4.69, 9.17) is 16.3 Å². The van der Waals surface area contributed by atoms with E-state index in [9.17, 15) is 32.7 Å². The van der Waals surface area contributed by atoms with E-state index < -0.39 is 48.2 Å². The maximum Gasteiger partial charge on any atom is 0.422 e. The predicted molar refractivity (Wildman–Crippen MR) is 169 cm³/mol. The minimum Gasteiger partial charge on any atom is -0.454 e. The molecule has 256 valence electrons. The van der Waals surface area contributed by atoms with Gasteiger partial charge in [-0.3, -0.25) is 14.4 Å². The Hall–Kier alpha value is -4.70. The van der Waals surface area contributed by atoms with E-state index in [1.54, 1.807) is 12.1 Å². The Morgan fingerprint density at radius 3 is 2.21 bits per heavy atom. The number of aliphatic hydroxyl groups excluding tert-OH is 1. The average Bonchev–Trinajstić information content (AvgIpc) is 3.85. The van der Waals surface area contributed by atoms with Crippen molar-refractivity contribution >= 4 is 46.9 Å². The molecule has 0 bridgehead atoms. The molecule has 3 aromatic rings. The number of aliphatic hydroxyl groups is 1. The molecule has 5 N–H and O–H groups in total. The smallest absolute Gasteiger partial charge is 0.422 e. The monoisotopic (exact) mass is 690 g/mol. The van der Waals surface area contributed by atoms with Gasteiger partial charge >= 0.3 is 24.0 Å². The first-order valence-corrected chi connectivity index (χ1v) is 15.7. The van der Waals surface area contributed by atoms with Gasteiger partial charge in [-0.2, -0.15) is 28.1 Å². The number of rotatable bonds is 12. The van der Waals surface area contributed by atoms with Crippen LogP contribution in [0, 0.1) is 0 Å². The summed E-state index contributed by atoms with van der Waals surface area (Å²) in [6, 6.07) is 12.6. The highest BCUT2D eigenvalue weighted by Crippen LogP contribution is 2.48. The zero-order chi connectivity index (χ0) is 34.3. The largest absolute Gasteiger partial charge is 0.454 e. The Labute approximate surface area is 278 Å². The van der Waals surface area contributed by atoms with Crippen LogP contribution >= 0.6 is 11.6 Å². The van der Waals surface area contributed by atoms with Gasteiger partial charge in [0, 0.05) is 42.5 Å². The Balaban J connectivity index is 1.17. The Morgan fingerprint density at radius 2 is 1.56 bits per heavy atom. The van der Waals surface area contributed by atoms with Gasteiger partial charge in [0.05, 0.1) is 11.6 Å². The van der Waals surface area contributed by atoms with Crippen LogP contribution in [0.5, 0.6) is 6.01 Å². The fraction of sp³-hybridized carbons (Fsp3) is 0.419. The topological polar surface area (TPSA) is 171 Å². The summed E-state index contributed by atoms with van der Waals surface area (Å²) >= 11 is 6.01. The second kappa shape index (κ2) is 15.0. The number of piperidine rings is 1. The van der Waals surface area contributed by atoms with Crippen molar-refractivity contribution < 1.29 is 37.4 Å². The van der Waals surface area contributed by atoms with Crippen LogP contribution in [0.15, 0.2) is 48.5 Å². The summed E-state index contributed by atoms with van der Waals surface area (Å²) in [5.41, 5.74) is 1.03. The van der Waals surface area contributed by atoms with Crippen molar-refractivity contribution in [3.05, 3.63) is 64.7 Å². The van der Waals surface area contributed by atoms with Gasteiger partial charge in [-0.1, -0.05) is 23.7 Å². The summed E-state index contributed by atoms with van der Waals surface area (Å²) in [6.07, 6.45) is -1.59. The Bertz CT molecular complexity index is 1600. The van der Waals surface area contributed by atoms with Crippen LogP contribution in [-0.4, -0.2) is 87.7 Å². The van der Waals surface area contributed by atoms with Gasteiger partial charge in [0.25, 0.3) is 5.91 Å². The molecule has 1 aromatic heterocycles. The van der Waals surface area contributed by atoms with Crippen molar-refractivity contribution in [2.45, 2.75) is 49.9 Å². The first-order valence-electron chi connectivity index (χ1n) is 15.3. The zero-order valence-electron chi connectivity index (χ0n) is 25.6. The number of halogens is 4. The number of carbonyl (C=O) groups excluding carboxylic acids is 3. The average molecular weight is 691 g/mol. The van der Waals surface area contributed by atoms with Gasteiger partial charge in [0.1, 0.15) is 0 Å². The van der Waals surface area contributed by atoms with E-state index in [-0.39, 0.29) is 30.5 Å².